The predicted octanol–water partition coefficient (Wildman–Crippen LogP) is 4.13. The largest absolute Gasteiger partial charge is 0.507 e. The molecule has 3 aromatic rings. The number of benzene rings is 1. The summed E-state index contributed by atoms with van der Waals surface area (Å²) in [6.07, 6.45) is -0.971. The van der Waals surface area contributed by atoms with Gasteiger partial charge in [-0.1, -0.05) is 12.1 Å². The van der Waals surface area contributed by atoms with Crippen LogP contribution in [0.2, 0.25) is 0 Å². The molecule has 8 heteroatoms. The molecular weight excluding hydrogens is 400 g/mol. The van der Waals surface area contributed by atoms with Crippen molar-refractivity contribution in [3.8, 4) is 11.5 Å². The predicted molar refractivity (Wildman–Crippen MR) is 105 cm³/mol. The third kappa shape index (κ3) is 4.24. The van der Waals surface area contributed by atoms with Crippen molar-refractivity contribution in [1.82, 2.24) is 0 Å². The fraction of sp³-hybridized carbons (Fsp3) is 0.100. The van der Waals surface area contributed by atoms with Crippen molar-refractivity contribution in [2.45, 2.75) is 12.8 Å². The van der Waals surface area contributed by atoms with E-state index in [-0.39, 0.29) is 11.1 Å². The fourth-order valence-corrected chi connectivity index (χ4v) is 3.88. The highest BCUT2D eigenvalue weighted by atomic mass is 32.1. The van der Waals surface area contributed by atoms with Gasteiger partial charge >= 0.3 is 0 Å². The Balaban J connectivity index is 1.81. The molecule has 0 atom stereocenters. The summed E-state index contributed by atoms with van der Waals surface area (Å²) in [5.74, 6) is -3.27. The lowest BCUT2D eigenvalue weighted by atomic mass is 9.97. The lowest BCUT2D eigenvalue weighted by Crippen LogP contribution is -2.11. The van der Waals surface area contributed by atoms with E-state index in [0.717, 1.165) is 12.1 Å². The molecule has 2 heterocycles. The Hall–Kier alpha value is -3.10. The first-order valence-electron chi connectivity index (χ1n) is 8.12. The van der Waals surface area contributed by atoms with E-state index in [0.29, 0.717) is 9.75 Å². The highest BCUT2D eigenvalue weighted by Gasteiger charge is 2.23. The van der Waals surface area contributed by atoms with Crippen LogP contribution in [0.25, 0.3) is 0 Å². The van der Waals surface area contributed by atoms with E-state index in [2.05, 4.69) is 0 Å². The number of thiophene rings is 2. The molecule has 0 fully saturated rings. The van der Waals surface area contributed by atoms with Gasteiger partial charge in [0.15, 0.2) is 23.1 Å². The van der Waals surface area contributed by atoms with Gasteiger partial charge in [0.2, 0.25) is 0 Å². The van der Waals surface area contributed by atoms with Crippen molar-refractivity contribution < 1.29 is 29.4 Å². The number of ketones is 4. The number of Topliss-reactive ketones (excluding diaryl/α,β-unsaturated/α-hetero) is 4. The summed E-state index contributed by atoms with van der Waals surface area (Å²) in [6.45, 7) is 0. The highest BCUT2D eigenvalue weighted by molar-refractivity contribution is 7.12. The van der Waals surface area contributed by atoms with Crippen molar-refractivity contribution in [3.05, 3.63) is 68.0 Å². The van der Waals surface area contributed by atoms with Crippen LogP contribution in [-0.2, 0) is 0 Å². The second-order valence-corrected chi connectivity index (χ2v) is 7.78. The maximum Gasteiger partial charge on any atom is 0.180 e. The van der Waals surface area contributed by atoms with Crippen LogP contribution in [0, 0.1) is 0 Å². The summed E-state index contributed by atoms with van der Waals surface area (Å²) in [6, 6.07) is 8.43. The molecule has 0 bridgehead atoms. The molecule has 0 saturated carbocycles. The van der Waals surface area contributed by atoms with Crippen LogP contribution in [0.1, 0.15) is 52.9 Å². The molecule has 28 heavy (non-hydrogen) atoms. The minimum atomic E-state index is -0.686. The van der Waals surface area contributed by atoms with Crippen LogP contribution in [0.5, 0.6) is 11.5 Å². The third-order valence-electron chi connectivity index (χ3n) is 3.95. The summed E-state index contributed by atoms with van der Waals surface area (Å²) >= 11 is 2.39. The quantitative estimate of drug-likeness (QED) is 0.424. The molecule has 6 nitrogen and oxygen atoms in total. The zero-order valence-corrected chi connectivity index (χ0v) is 16.0. The van der Waals surface area contributed by atoms with Gasteiger partial charge in [0.05, 0.1) is 33.7 Å². The molecule has 0 radical (unpaired) electrons. The van der Waals surface area contributed by atoms with Gasteiger partial charge in [-0.05, 0) is 29.0 Å². The Morgan fingerprint density at radius 3 is 1.46 bits per heavy atom. The first-order valence-corrected chi connectivity index (χ1v) is 9.88. The molecule has 0 aliphatic carbocycles. The molecule has 2 N–H and O–H groups in total. The van der Waals surface area contributed by atoms with E-state index in [9.17, 15) is 29.4 Å². The number of hydrogen-bond acceptors (Lipinski definition) is 8. The van der Waals surface area contributed by atoms with Crippen LogP contribution >= 0.6 is 22.7 Å². The third-order valence-corrected chi connectivity index (χ3v) is 5.77. The zero-order valence-electron chi connectivity index (χ0n) is 14.4. The minimum Gasteiger partial charge on any atom is -0.507 e. The molecule has 0 aliphatic heterocycles. The Morgan fingerprint density at radius 1 is 0.679 bits per heavy atom. The Bertz CT molecular complexity index is 967. The normalized spacial score (nSPS) is 10.6. The van der Waals surface area contributed by atoms with Crippen molar-refractivity contribution >= 4 is 45.8 Å². The number of aromatic hydroxyl groups is 2. The minimum absolute atomic E-state index is 0.255. The van der Waals surface area contributed by atoms with Crippen LogP contribution in [0.4, 0.5) is 0 Å². The Labute approximate surface area is 167 Å². The SMILES string of the molecule is O=C(CC(=O)c1cc(C(=O)CC(=O)c2cccs2)c(O)cc1O)c1cccs1. The molecule has 3 rings (SSSR count). The first kappa shape index (κ1) is 19.7. The maximum atomic E-state index is 12.4. The van der Waals surface area contributed by atoms with E-state index < -0.39 is 47.5 Å². The van der Waals surface area contributed by atoms with Crippen molar-refractivity contribution in [2.24, 2.45) is 0 Å². The van der Waals surface area contributed by atoms with Gasteiger partial charge in [0.25, 0.3) is 0 Å². The number of phenolic OH excluding ortho intramolecular Hbond substituents is 2. The molecule has 0 aliphatic rings. The molecule has 0 saturated heterocycles. The molecule has 142 valence electrons. The van der Waals surface area contributed by atoms with Gasteiger partial charge in [-0.2, -0.15) is 0 Å². The van der Waals surface area contributed by atoms with E-state index in [1.807, 2.05) is 0 Å². The molecule has 0 unspecified atom stereocenters. The maximum absolute atomic E-state index is 12.4. The van der Waals surface area contributed by atoms with Gasteiger partial charge in [-0.3, -0.25) is 19.2 Å². The lowest BCUT2D eigenvalue weighted by Gasteiger charge is -2.08. The zero-order chi connectivity index (χ0) is 20.3. The number of rotatable bonds is 8. The Morgan fingerprint density at radius 2 is 1.11 bits per heavy atom. The van der Waals surface area contributed by atoms with Gasteiger partial charge in [-0.15, -0.1) is 22.7 Å². The summed E-state index contributed by atoms with van der Waals surface area (Å²) in [7, 11) is 0. The van der Waals surface area contributed by atoms with E-state index in [4.69, 9.17) is 0 Å². The molecule has 1 aromatic carbocycles. The average Bonchev–Trinajstić information content (AvgIpc) is 3.35. The fourth-order valence-electron chi connectivity index (χ4n) is 2.55. The average molecular weight is 414 g/mol. The number of carbonyl (C=O) groups is 4. The standard InChI is InChI=1S/C20H14O6S2/c21-13-8-14(22)12(16(24)10-18(26)20-4-2-6-28-20)7-11(13)15(23)9-17(25)19-3-1-5-27-19/h1-8,21-22H,9-10H2. The lowest BCUT2D eigenvalue weighted by molar-refractivity contribution is 0.0883. The van der Waals surface area contributed by atoms with Crippen molar-refractivity contribution in [2.75, 3.05) is 0 Å². The molecule has 0 amide bonds. The molecular formula is C20H14O6S2. The first-order chi connectivity index (χ1) is 13.4. The van der Waals surface area contributed by atoms with Gasteiger partial charge in [0, 0.05) is 6.07 Å². The second kappa shape index (κ2) is 8.28. The van der Waals surface area contributed by atoms with E-state index >= 15 is 0 Å². The monoisotopic (exact) mass is 414 g/mol. The summed E-state index contributed by atoms with van der Waals surface area (Å²) in [4.78, 5) is 49.9. The smallest absolute Gasteiger partial charge is 0.180 e. The Kier molecular flexibility index (Phi) is 5.81. The van der Waals surface area contributed by atoms with Crippen molar-refractivity contribution in [3.63, 3.8) is 0 Å². The number of phenols is 2. The van der Waals surface area contributed by atoms with Crippen LogP contribution in [-0.4, -0.2) is 33.3 Å². The van der Waals surface area contributed by atoms with Crippen LogP contribution in [0.15, 0.2) is 47.2 Å². The van der Waals surface area contributed by atoms with Crippen LogP contribution in [0.3, 0.4) is 0 Å². The van der Waals surface area contributed by atoms with Gasteiger partial charge in [-0.25, -0.2) is 0 Å². The number of hydrogen-bond donors (Lipinski definition) is 2. The van der Waals surface area contributed by atoms with Gasteiger partial charge in [0.1, 0.15) is 11.5 Å². The van der Waals surface area contributed by atoms with Crippen molar-refractivity contribution in [1.29, 1.82) is 0 Å². The van der Waals surface area contributed by atoms with Gasteiger partial charge < -0.3 is 10.2 Å². The number of carbonyl (C=O) groups excluding carboxylic acids is 4. The molecule has 0 spiro atoms. The molecule has 2 aromatic heterocycles. The van der Waals surface area contributed by atoms with Crippen LogP contribution < -0.4 is 0 Å². The van der Waals surface area contributed by atoms with E-state index in [1.54, 1.807) is 35.0 Å². The summed E-state index contributed by atoms with van der Waals surface area (Å²) < 4.78 is 0. The topological polar surface area (TPSA) is 109 Å². The highest BCUT2D eigenvalue weighted by Crippen LogP contribution is 2.30. The summed E-state index contributed by atoms with van der Waals surface area (Å²) in [5.41, 5.74) is -0.510. The summed E-state index contributed by atoms with van der Waals surface area (Å²) in [5, 5.41) is 23.4. The van der Waals surface area contributed by atoms with E-state index in [1.165, 1.54) is 22.7 Å². The second-order valence-electron chi connectivity index (χ2n) is 5.89.